The molecule has 208 valence electrons. The van der Waals surface area contributed by atoms with Crippen molar-refractivity contribution in [3.05, 3.63) is 131 Å². The summed E-state index contributed by atoms with van der Waals surface area (Å²) >= 11 is 1.43. The molecule has 0 heterocycles. The van der Waals surface area contributed by atoms with E-state index in [0.717, 1.165) is 32.8 Å². The third-order valence-electron chi connectivity index (χ3n) is 6.54. The predicted molar refractivity (Wildman–Crippen MR) is 168 cm³/mol. The Balaban J connectivity index is 1.44. The Morgan fingerprint density at radius 3 is 1.98 bits per heavy atom. The number of hydrogen-bond acceptors (Lipinski definition) is 4. The van der Waals surface area contributed by atoms with Crippen LogP contribution < -0.4 is 16.0 Å². The molecule has 0 aromatic heterocycles. The lowest BCUT2D eigenvalue weighted by Crippen LogP contribution is -2.30. The molecule has 4 rings (SSSR count). The molecule has 7 heteroatoms. The van der Waals surface area contributed by atoms with Gasteiger partial charge in [0.2, 0.25) is 5.91 Å². The van der Waals surface area contributed by atoms with Gasteiger partial charge in [-0.2, -0.15) is 0 Å². The molecule has 0 aliphatic carbocycles. The van der Waals surface area contributed by atoms with E-state index in [0.29, 0.717) is 11.3 Å². The Hall–Kier alpha value is -4.62. The zero-order chi connectivity index (χ0) is 29.4. The highest BCUT2D eigenvalue weighted by Crippen LogP contribution is 2.27. The van der Waals surface area contributed by atoms with Crippen LogP contribution in [0.25, 0.3) is 6.08 Å². The fourth-order valence-corrected chi connectivity index (χ4v) is 5.02. The van der Waals surface area contributed by atoms with Gasteiger partial charge >= 0.3 is 0 Å². The van der Waals surface area contributed by atoms with Crippen LogP contribution in [0.15, 0.2) is 108 Å². The number of rotatable bonds is 9. The van der Waals surface area contributed by atoms with E-state index in [4.69, 9.17) is 0 Å². The summed E-state index contributed by atoms with van der Waals surface area (Å²) in [6, 6.07) is 29.6. The molecule has 3 N–H and O–H groups in total. The van der Waals surface area contributed by atoms with E-state index in [-0.39, 0.29) is 22.8 Å². The predicted octanol–water partition coefficient (Wildman–Crippen LogP) is 7.14. The monoisotopic (exact) mass is 563 g/mol. The lowest BCUT2D eigenvalue weighted by molar-refractivity contribution is -0.115. The van der Waals surface area contributed by atoms with Crippen LogP contribution in [-0.2, 0) is 9.59 Å². The third kappa shape index (κ3) is 7.96. The number of carbonyl (C=O) groups is 3. The molecule has 0 aliphatic heterocycles. The minimum absolute atomic E-state index is 0.0788. The van der Waals surface area contributed by atoms with E-state index in [1.807, 2.05) is 88.4 Å². The van der Waals surface area contributed by atoms with Crippen molar-refractivity contribution in [1.82, 2.24) is 5.32 Å². The quantitative estimate of drug-likeness (QED) is 0.149. The molecule has 0 fully saturated rings. The van der Waals surface area contributed by atoms with Gasteiger partial charge in [-0.05, 0) is 92.4 Å². The van der Waals surface area contributed by atoms with Crippen LogP contribution in [0.1, 0.15) is 39.5 Å². The fraction of sp³-hybridized carbons (Fsp3) is 0.147. The van der Waals surface area contributed by atoms with Gasteiger partial charge in [0.25, 0.3) is 11.8 Å². The van der Waals surface area contributed by atoms with Gasteiger partial charge in [-0.15, -0.1) is 11.8 Å². The van der Waals surface area contributed by atoms with Crippen molar-refractivity contribution >= 4 is 46.9 Å². The van der Waals surface area contributed by atoms with Crippen molar-refractivity contribution in [2.75, 3.05) is 10.6 Å². The van der Waals surface area contributed by atoms with Gasteiger partial charge < -0.3 is 16.0 Å². The maximum atomic E-state index is 13.3. The molecule has 1 unspecified atom stereocenters. The highest BCUT2D eigenvalue weighted by atomic mass is 32.2. The topological polar surface area (TPSA) is 87.3 Å². The number of para-hydroxylation sites is 1. The molecule has 3 amide bonds. The first-order chi connectivity index (χ1) is 19.7. The van der Waals surface area contributed by atoms with Crippen LogP contribution in [0.4, 0.5) is 11.4 Å². The summed E-state index contributed by atoms with van der Waals surface area (Å²) < 4.78 is 0. The van der Waals surface area contributed by atoms with Gasteiger partial charge in [-0.1, -0.05) is 60.7 Å². The molecular formula is C34H33N3O3S. The largest absolute Gasteiger partial charge is 0.325 e. The zero-order valence-electron chi connectivity index (χ0n) is 23.5. The van der Waals surface area contributed by atoms with E-state index in [1.165, 1.54) is 11.8 Å². The average Bonchev–Trinajstić information content (AvgIpc) is 2.97. The molecule has 0 aliphatic rings. The van der Waals surface area contributed by atoms with Crippen LogP contribution in [0.5, 0.6) is 0 Å². The van der Waals surface area contributed by atoms with Crippen molar-refractivity contribution in [2.24, 2.45) is 0 Å². The molecule has 0 saturated heterocycles. The minimum Gasteiger partial charge on any atom is -0.325 e. The van der Waals surface area contributed by atoms with Crippen LogP contribution >= 0.6 is 11.8 Å². The molecule has 0 radical (unpaired) electrons. The second-order valence-corrected chi connectivity index (χ2v) is 11.1. The van der Waals surface area contributed by atoms with Crippen LogP contribution in [0, 0.1) is 20.8 Å². The molecule has 4 aromatic carbocycles. The van der Waals surface area contributed by atoms with Crippen molar-refractivity contribution in [3.8, 4) is 0 Å². The highest BCUT2D eigenvalue weighted by Gasteiger charge is 2.18. The second kappa shape index (κ2) is 13.6. The standard InChI is InChI=1S/C34H33N3O3S/c1-22-11-8-9-16-27(22)21-30(36-33(39)26-14-6-5-7-15-26)34(40)35-28-17-19-29(20-18-28)41-25(4)32(38)37-31-23(2)12-10-13-24(31)3/h5-21,25H,1-4H3,(H,35,40)(H,36,39)(H,37,38)/b30-21-. The average molecular weight is 564 g/mol. The lowest BCUT2D eigenvalue weighted by atomic mass is 10.1. The molecule has 0 bridgehead atoms. The molecular weight excluding hydrogens is 530 g/mol. The number of amides is 3. The van der Waals surface area contributed by atoms with Crippen LogP contribution in [0.2, 0.25) is 0 Å². The number of nitrogens with one attached hydrogen (secondary N) is 3. The van der Waals surface area contributed by atoms with Gasteiger partial charge in [0.1, 0.15) is 5.70 Å². The van der Waals surface area contributed by atoms with Crippen molar-refractivity contribution in [2.45, 2.75) is 37.8 Å². The summed E-state index contributed by atoms with van der Waals surface area (Å²) in [4.78, 5) is 39.9. The number of benzene rings is 4. The Bertz CT molecular complexity index is 1560. The summed E-state index contributed by atoms with van der Waals surface area (Å²) in [6.07, 6.45) is 1.67. The van der Waals surface area contributed by atoms with Crippen LogP contribution in [0.3, 0.4) is 0 Å². The van der Waals surface area contributed by atoms with Crippen molar-refractivity contribution in [1.29, 1.82) is 0 Å². The van der Waals surface area contributed by atoms with Crippen molar-refractivity contribution < 1.29 is 14.4 Å². The summed E-state index contributed by atoms with van der Waals surface area (Å²) in [5, 5.41) is 8.36. The lowest BCUT2D eigenvalue weighted by Gasteiger charge is -2.16. The van der Waals surface area contributed by atoms with Gasteiger partial charge in [0.15, 0.2) is 0 Å². The van der Waals surface area contributed by atoms with Gasteiger partial charge in [0, 0.05) is 21.8 Å². The van der Waals surface area contributed by atoms with E-state index in [9.17, 15) is 14.4 Å². The van der Waals surface area contributed by atoms with Crippen LogP contribution in [-0.4, -0.2) is 23.0 Å². The van der Waals surface area contributed by atoms with E-state index >= 15 is 0 Å². The summed E-state index contributed by atoms with van der Waals surface area (Å²) in [6.45, 7) is 7.76. The van der Waals surface area contributed by atoms with E-state index in [2.05, 4.69) is 16.0 Å². The molecule has 6 nitrogen and oxygen atoms in total. The number of aryl methyl sites for hydroxylation is 3. The first kappa shape index (κ1) is 29.4. The molecule has 1 atom stereocenters. The van der Waals surface area contributed by atoms with Gasteiger partial charge in [-0.3, -0.25) is 14.4 Å². The number of hydrogen-bond donors (Lipinski definition) is 3. The van der Waals surface area contributed by atoms with E-state index < -0.39 is 5.91 Å². The Morgan fingerprint density at radius 2 is 1.32 bits per heavy atom. The number of thioether (sulfide) groups is 1. The van der Waals surface area contributed by atoms with Gasteiger partial charge in [0.05, 0.1) is 5.25 Å². The summed E-state index contributed by atoms with van der Waals surface area (Å²) in [5.41, 5.74) is 5.83. The normalized spacial score (nSPS) is 11.9. The fourth-order valence-electron chi connectivity index (χ4n) is 4.16. The Morgan fingerprint density at radius 1 is 0.707 bits per heavy atom. The minimum atomic E-state index is -0.445. The Labute approximate surface area is 245 Å². The summed E-state index contributed by atoms with van der Waals surface area (Å²) in [5.74, 6) is -0.898. The van der Waals surface area contributed by atoms with Gasteiger partial charge in [-0.25, -0.2) is 0 Å². The number of carbonyl (C=O) groups excluding carboxylic acids is 3. The third-order valence-corrected chi connectivity index (χ3v) is 7.65. The first-order valence-corrected chi connectivity index (χ1v) is 14.2. The maximum Gasteiger partial charge on any atom is 0.272 e. The smallest absolute Gasteiger partial charge is 0.272 e. The second-order valence-electron chi connectivity index (χ2n) is 9.73. The summed E-state index contributed by atoms with van der Waals surface area (Å²) in [7, 11) is 0. The SMILES string of the molecule is Cc1ccccc1/C=C(\NC(=O)c1ccccc1)C(=O)Nc1ccc(SC(C)C(=O)Nc2c(C)cccc2C)cc1. The maximum absolute atomic E-state index is 13.3. The van der Waals surface area contributed by atoms with E-state index in [1.54, 1.807) is 42.5 Å². The molecule has 41 heavy (non-hydrogen) atoms. The molecule has 0 spiro atoms. The van der Waals surface area contributed by atoms with Crippen molar-refractivity contribution in [3.63, 3.8) is 0 Å². The zero-order valence-corrected chi connectivity index (χ0v) is 24.3. The molecule has 0 saturated carbocycles. The molecule has 4 aromatic rings. The highest BCUT2D eigenvalue weighted by molar-refractivity contribution is 8.00. The Kier molecular flexibility index (Phi) is 9.77. The first-order valence-electron chi connectivity index (χ1n) is 13.3. The number of anilines is 2.